The van der Waals surface area contributed by atoms with Crippen molar-refractivity contribution in [2.24, 2.45) is 0 Å². The molecule has 10 heterocycles. The van der Waals surface area contributed by atoms with Crippen LogP contribution in [-0.4, -0.2) is 35.9 Å². The first-order valence-corrected chi connectivity index (χ1v) is 26.1. The van der Waals surface area contributed by atoms with Crippen LogP contribution in [0.15, 0.2) is 60.7 Å². The van der Waals surface area contributed by atoms with E-state index in [1.54, 1.807) is 60.7 Å². The van der Waals surface area contributed by atoms with E-state index in [-0.39, 0.29) is 49.7 Å². The second-order valence-corrected chi connectivity index (χ2v) is 52.2. The van der Waals surface area contributed by atoms with Gasteiger partial charge in [-0.15, -0.1) is 0 Å². The first kappa shape index (κ1) is 26.7. The summed E-state index contributed by atoms with van der Waals surface area (Å²) >= 11 is 0. The molecule has 10 fully saturated rings. The van der Waals surface area contributed by atoms with E-state index in [0.717, 1.165) is 0 Å². The fourth-order valence-electron chi connectivity index (χ4n) is 23.9. The minimum absolute atomic E-state index is 0.0229. The predicted octanol–water partition coefficient (Wildman–Crippen LogP) is 11.7. The Morgan fingerprint density at radius 3 is 1.16 bits per heavy atom. The van der Waals surface area contributed by atoms with E-state index < -0.39 is 54.5 Å². The maximum absolute atomic E-state index is 16.1. The zero-order chi connectivity index (χ0) is 31.4. The van der Waals surface area contributed by atoms with E-state index in [1.807, 2.05) is 0 Å². The van der Waals surface area contributed by atoms with Gasteiger partial charge in [0, 0.05) is 0 Å². The van der Waals surface area contributed by atoms with Gasteiger partial charge in [-0.2, -0.15) is 0 Å². The van der Waals surface area contributed by atoms with E-state index in [2.05, 4.69) is 48.5 Å². The topological polar surface area (TPSA) is 0 Å². The summed E-state index contributed by atoms with van der Waals surface area (Å²) in [6.45, 7) is 9.86. The van der Waals surface area contributed by atoms with Gasteiger partial charge in [0.25, 0.3) is 0 Å². The van der Waals surface area contributed by atoms with Gasteiger partial charge in [-0.3, -0.25) is 0 Å². The van der Waals surface area contributed by atoms with Crippen LogP contribution >= 0.6 is 23.8 Å². The Morgan fingerprint density at radius 1 is 0.591 bits per heavy atom. The predicted molar refractivity (Wildman–Crippen MR) is 168 cm³/mol. The Labute approximate surface area is 249 Å². The summed E-state index contributed by atoms with van der Waals surface area (Å²) in [7, 11) is -6.11. The van der Waals surface area contributed by atoms with Gasteiger partial charge in [0.15, 0.2) is 0 Å². The molecular formula is C34H39F6FeP3. The van der Waals surface area contributed by atoms with Crippen LogP contribution in [0.3, 0.4) is 0 Å². The van der Waals surface area contributed by atoms with Crippen LogP contribution in [-0.2, 0) is 6.51 Å². The van der Waals surface area contributed by atoms with Gasteiger partial charge in [0.1, 0.15) is 0 Å². The van der Waals surface area contributed by atoms with Gasteiger partial charge in [-0.1, -0.05) is 0 Å². The average Bonchev–Trinajstić information content (AvgIpc) is 3.83. The third-order valence-electron chi connectivity index (χ3n) is 20.6. The van der Waals surface area contributed by atoms with E-state index >= 15 is 26.3 Å². The number of alkyl halides is 6. The first-order valence-electron chi connectivity index (χ1n) is 15.9. The van der Waals surface area contributed by atoms with Gasteiger partial charge in [0.05, 0.1) is 0 Å². The Morgan fingerprint density at radius 2 is 0.909 bits per heavy atom. The van der Waals surface area contributed by atoms with Crippen molar-refractivity contribution in [1.29, 1.82) is 0 Å². The molecular weight excluding hydrogens is 671 g/mol. The number of hydrogen-bond donors (Lipinski definition) is 0. The summed E-state index contributed by atoms with van der Waals surface area (Å²) in [5.41, 5.74) is -0.0939. The summed E-state index contributed by atoms with van der Waals surface area (Å²) in [6, 6.07) is 17.3. The van der Waals surface area contributed by atoms with Crippen molar-refractivity contribution in [1.82, 2.24) is 0 Å². The number of rotatable bonds is 6. The molecule has 1 spiro atoms. The summed E-state index contributed by atoms with van der Waals surface area (Å²) in [6.07, 6.45) is 0. The van der Waals surface area contributed by atoms with Crippen molar-refractivity contribution >= 4 is 34.4 Å². The van der Waals surface area contributed by atoms with Gasteiger partial charge in [-0.05, 0) is 0 Å². The zero-order valence-corrected chi connectivity index (χ0v) is 29.6. The molecule has 7 unspecified atom stereocenters. The van der Waals surface area contributed by atoms with Crippen molar-refractivity contribution in [2.75, 3.05) is 0 Å². The Hall–Kier alpha value is -0.171. The first-order chi connectivity index (χ1) is 20.1. The van der Waals surface area contributed by atoms with Gasteiger partial charge >= 0.3 is 250 Å². The molecule has 0 saturated carbocycles. The van der Waals surface area contributed by atoms with Crippen molar-refractivity contribution in [3.63, 3.8) is 0 Å². The van der Waals surface area contributed by atoms with Crippen LogP contribution in [0.1, 0.15) is 48.5 Å². The van der Waals surface area contributed by atoms with Crippen molar-refractivity contribution in [3.8, 4) is 0 Å². The van der Waals surface area contributed by atoms with E-state index in [4.69, 9.17) is 0 Å². The fourth-order valence-corrected chi connectivity index (χ4v) is 139. The van der Waals surface area contributed by atoms with Crippen LogP contribution in [0, 0.1) is 0 Å². The normalized spacial score (nSPS) is 60.6. The molecule has 10 aliphatic heterocycles. The average molecular weight is 710 g/mol. The van der Waals surface area contributed by atoms with Gasteiger partial charge in [0.2, 0.25) is 0 Å². The standard InChI is InChI=1S/C29H34F6P3.C5H5.Fe/c1-20(38(26(2,3)4)27(5,6)7)25-23(36(28(30,31)32)21-14-10-8-11-15-21)18-19-24(25)37(29(33,34)35)22-16-12-9-13-17-22;1-2-4-5-3-1;/h8-20H,1-7H3;1-5H;. The Balaban J connectivity index is 1.25. The molecule has 0 aromatic heterocycles. The molecule has 0 amide bonds. The van der Waals surface area contributed by atoms with Crippen LogP contribution in [0.5, 0.6) is 0 Å². The molecule has 10 heteroatoms. The molecule has 10 saturated heterocycles. The maximum atomic E-state index is 16.1. The molecule has 44 heavy (non-hydrogen) atoms. The number of hydrogen-bond acceptors (Lipinski definition) is 0. The quantitative estimate of drug-likeness (QED) is 0.159. The summed E-state index contributed by atoms with van der Waals surface area (Å²) < 4.78 is 94.3. The molecule has 0 aliphatic carbocycles. The van der Waals surface area contributed by atoms with E-state index in [1.165, 1.54) is 0 Å². The molecule has 240 valence electrons. The minimum atomic E-state index is -5.69. The molecule has 0 radical (unpaired) electrons. The van der Waals surface area contributed by atoms with Crippen molar-refractivity contribution < 1.29 is 32.9 Å². The van der Waals surface area contributed by atoms with Crippen LogP contribution in [0.4, 0.5) is 26.3 Å². The molecule has 0 bridgehead atoms. The van der Waals surface area contributed by atoms with Crippen LogP contribution in [0.2, 0.25) is 38.0 Å². The number of benzene rings is 2. The number of fused-ring (bicyclic) bond motifs is 10. The molecule has 0 nitrogen and oxygen atoms in total. The van der Waals surface area contributed by atoms with Crippen LogP contribution < -0.4 is 10.6 Å². The number of halogens is 6. The molecule has 8 atom stereocenters. The third kappa shape index (κ3) is 0.722. The zero-order valence-electron chi connectivity index (χ0n) is 25.9. The third-order valence-corrected chi connectivity index (χ3v) is 81.7. The molecule has 12 rings (SSSR count). The monoisotopic (exact) mass is 710 g/mol. The Kier molecular flexibility index (Phi) is 2.47. The molecule has 10 aliphatic rings. The second kappa shape index (κ2) is 4.06. The van der Waals surface area contributed by atoms with E-state index in [0.29, 0.717) is 10.6 Å². The summed E-state index contributed by atoms with van der Waals surface area (Å²) in [5, 5.41) is 0.435. The SMILES string of the molecule is CC(P(C(C)(C)C)C(C)(C)C)[C]12[C]3(P(c4ccccc4)C(F)(F)F)[CH]4[CH]5[C@@]1(P(c1ccccc1)C(F)(F)F)[Fe]45321678[CH]2[CH]1[CH]6[CH]7[CH]28. The summed E-state index contributed by atoms with van der Waals surface area (Å²) in [5.74, 6) is -8.83. The van der Waals surface area contributed by atoms with Crippen molar-refractivity contribution in [3.05, 3.63) is 60.7 Å². The Bertz CT molecular complexity index is 1990. The second-order valence-electron chi connectivity index (χ2n) is 19.5. The summed E-state index contributed by atoms with van der Waals surface area (Å²) in [4.78, 5) is 1.44. The van der Waals surface area contributed by atoms with Gasteiger partial charge in [-0.25, -0.2) is 0 Å². The fraction of sp³-hybridized carbons (Fsp3) is 0.647. The van der Waals surface area contributed by atoms with Crippen molar-refractivity contribution in [2.45, 2.75) is 122 Å². The van der Waals surface area contributed by atoms with Crippen LogP contribution in [0.25, 0.3) is 0 Å². The van der Waals surface area contributed by atoms with Gasteiger partial charge < -0.3 is 0 Å². The molecule has 2 aromatic carbocycles. The van der Waals surface area contributed by atoms with E-state index in [9.17, 15) is 0 Å². The molecule has 0 N–H and O–H groups in total. The molecule has 2 aromatic rings.